The topological polar surface area (TPSA) is 55.3 Å². The molecule has 0 radical (unpaired) electrons. The molecule has 0 saturated heterocycles. The average Bonchev–Trinajstić information content (AvgIpc) is 2.29. The lowest BCUT2D eigenvalue weighted by Gasteiger charge is -2.24. The zero-order chi connectivity index (χ0) is 12.7. The van der Waals surface area contributed by atoms with Crippen molar-refractivity contribution in [2.45, 2.75) is 33.4 Å². The van der Waals surface area contributed by atoms with Gasteiger partial charge in [0.2, 0.25) is 0 Å². The van der Waals surface area contributed by atoms with E-state index in [0.29, 0.717) is 19.0 Å². The van der Waals surface area contributed by atoms with E-state index in [-0.39, 0.29) is 18.6 Å². The first-order valence-electron chi connectivity index (χ1n) is 5.79. The molecule has 1 heterocycles. The van der Waals surface area contributed by atoms with Crippen molar-refractivity contribution in [1.82, 2.24) is 14.9 Å². The van der Waals surface area contributed by atoms with Gasteiger partial charge >= 0.3 is 5.97 Å². The number of carbonyl (C=O) groups is 1. The summed E-state index contributed by atoms with van der Waals surface area (Å²) >= 11 is 0. The molecule has 5 nitrogen and oxygen atoms in total. The second kappa shape index (κ2) is 6.96. The van der Waals surface area contributed by atoms with Crippen molar-refractivity contribution in [1.29, 1.82) is 0 Å². The van der Waals surface area contributed by atoms with Gasteiger partial charge in [-0.2, -0.15) is 0 Å². The molecule has 5 heteroatoms. The summed E-state index contributed by atoms with van der Waals surface area (Å²) in [6.45, 7) is 7.09. The summed E-state index contributed by atoms with van der Waals surface area (Å²) in [7, 11) is 0. The van der Waals surface area contributed by atoms with Gasteiger partial charge in [-0.1, -0.05) is 0 Å². The summed E-state index contributed by atoms with van der Waals surface area (Å²) in [6.07, 6.45) is 3.40. The molecule has 0 unspecified atom stereocenters. The van der Waals surface area contributed by atoms with E-state index >= 15 is 0 Å². The molecule has 1 aromatic heterocycles. The fraction of sp³-hybridized carbons (Fsp3) is 0.583. The average molecular weight is 237 g/mol. The summed E-state index contributed by atoms with van der Waals surface area (Å²) in [6, 6.07) is 2.01. The molecule has 0 aliphatic carbocycles. The monoisotopic (exact) mass is 237 g/mol. The predicted molar refractivity (Wildman–Crippen MR) is 64.2 cm³/mol. The fourth-order valence-electron chi connectivity index (χ4n) is 1.39. The Kier molecular flexibility index (Phi) is 5.56. The molecule has 0 atom stereocenters. The van der Waals surface area contributed by atoms with Crippen LogP contribution < -0.4 is 0 Å². The first kappa shape index (κ1) is 13.6. The summed E-state index contributed by atoms with van der Waals surface area (Å²) in [5, 5.41) is 0. The third-order valence-electron chi connectivity index (χ3n) is 2.33. The van der Waals surface area contributed by atoms with Gasteiger partial charge in [0.15, 0.2) is 0 Å². The lowest BCUT2D eigenvalue weighted by molar-refractivity contribution is -0.145. The molecule has 0 saturated carbocycles. The molecule has 17 heavy (non-hydrogen) atoms. The largest absolute Gasteiger partial charge is 0.465 e. The number of hydrogen-bond acceptors (Lipinski definition) is 5. The summed E-state index contributed by atoms with van der Waals surface area (Å²) in [4.78, 5) is 21.7. The summed E-state index contributed by atoms with van der Waals surface area (Å²) in [5.41, 5.74) is 0. The van der Waals surface area contributed by atoms with E-state index in [1.807, 2.05) is 18.7 Å². The number of rotatable bonds is 6. The normalized spacial score (nSPS) is 10.9. The third kappa shape index (κ3) is 4.91. The van der Waals surface area contributed by atoms with Gasteiger partial charge in [0.25, 0.3) is 0 Å². The van der Waals surface area contributed by atoms with Gasteiger partial charge in [-0.3, -0.25) is 9.69 Å². The number of nitrogens with zero attached hydrogens (tertiary/aromatic N) is 3. The van der Waals surface area contributed by atoms with E-state index in [0.717, 1.165) is 0 Å². The van der Waals surface area contributed by atoms with Crippen LogP contribution in [0.3, 0.4) is 0 Å². The van der Waals surface area contributed by atoms with Gasteiger partial charge in [-0.05, 0) is 26.8 Å². The van der Waals surface area contributed by atoms with Gasteiger partial charge in [0.05, 0.1) is 19.7 Å². The zero-order valence-electron chi connectivity index (χ0n) is 10.6. The lowest BCUT2D eigenvalue weighted by Crippen LogP contribution is -2.36. The highest BCUT2D eigenvalue weighted by Crippen LogP contribution is 2.04. The Morgan fingerprint density at radius 1 is 1.41 bits per heavy atom. The van der Waals surface area contributed by atoms with Gasteiger partial charge in [0, 0.05) is 18.4 Å². The molecule has 0 fully saturated rings. The quantitative estimate of drug-likeness (QED) is 0.697. The van der Waals surface area contributed by atoms with Crippen molar-refractivity contribution in [3.05, 3.63) is 24.3 Å². The number of hydrogen-bond donors (Lipinski definition) is 0. The Hall–Kier alpha value is -1.49. The summed E-state index contributed by atoms with van der Waals surface area (Å²) in [5.74, 6) is 0.502. The fourth-order valence-corrected chi connectivity index (χ4v) is 1.39. The molecular weight excluding hydrogens is 218 g/mol. The van der Waals surface area contributed by atoms with Crippen LogP contribution in [-0.4, -0.2) is 40.0 Å². The van der Waals surface area contributed by atoms with Crippen molar-refractivity contribution in [2.24, 2.45) is 0 Å². The SMILES string of the molecule is CCOC(=O)CN(Cc1ncccn1)C(C)C. The Labute approximate surface area is 102 Å². The van der Waals surface area contributed by atoms with Crippen molar-refractivity contribution in [3.8, 4) is 0 Å². The second-order valence-electron chi connectivity index (χ2n) is 3.97. The molecule has 0 N–H and O–H groups in total. The Morgan fingerprint density at radius 2 is 2.06 bits per heavy atom. The maximum absolute atomic E-state index is 11.4. The van der Waals surface area contributed by atoms with Crippen LogP contribution >= 0.6 is 0 Å². The van der Waals surface area contributed by atoms with E-state index in [1.54, 1.807) is 25.4 Å². The van der Waals surface area contributed by atoms with Gasteiger partial charge < -0.3 is 4.74 Å². The van der Waals surface area contributed by atoms with Crippen molar-refractivity contribution in [2.75, 3.05) is 13.2 Å². The first-order chi connectivity index (χ1) is 8.13. The molecule has 0 aliphatic heterocycles. The van der Waals surface area contributed by atoms with Crippen LogP contribution in [0.15, 0.2) is 18.5 Å². The number of ether oxygens (including phenoxy) is 1. The second-order valence-corrected chi connectivity index (χ2v) is 3.97. The molecule has 1 rings (SSSR count). The molecule has 0 aromatic carbocycles. The van der Waals surface area contributed by atoms with Crippen LogP contribution in [0.1, 0.15) is 26.6 Å². The van der Waals surface area contributed by atoms with Crippen molar-refractivity contribution in [3.63, 3.8) is 0 Å². The number of esters is 1. The molecule has 0 bridgehead atoms. The van der Waals surface area contributed by atoms with Crippen LogP contribution in [0.25, 0.3) is 0 Å². The van der Waals surface area contributed by atoms with E-state index in [2.05, 4.69) is 9.97 Å². The highest BCUT2D eigenvalue weighted by atomic mass is 16.5. The molecule has 0 spiro atoms. The minimum atomic E-state index is -0.211. The summed E-state index contributed by atoms with van der Waals surface area (Å²) < 4.78 is 4.94. The molecule has 0 amide bonds. The maximum atomic E-state index is 11.4. The zero-order valence-corrected chi connectivity index (χ0v) is 10.6. The van der Waals surface area contributed by atoms with Crippen LogP contribution in [-0.2, 0) is 16.1 Å². The minimum Gasteiger partial charge on any atom is -0.465 e. The first-order valence-corrected chi connectivity index (χ1v) is 5.79. The highest BCUT2D eigenvalue weighted by Gasteiger charge is 2.16. The van der Waals surface area contributed by atoms with Gasteiger partial charge in [0.1, 0.15) is 5.82 Å². The highest BCUT2D eigenvalue weighted by molar-refractivity contribution is 5.71. The Balaban J connectivity index is 2.58. The molecule has 1 aromatic rings. The van der Waals surface area contributed by atoms with E-state index in [9.17, 15) is 4.79 Å². The molecule has 94 valence electrons. The van der Waals surface area contributed by atoms with Gasteiger partial charge in [-0.25, -0.2) is 9.97 Å². The van der Waals surface area contributed by atoms with Crippen molar-refractivity contribution < 1.29 is 9.53 Å². The van der Waals surface area contributed by atoms with Crippen molar-refractivity contribution >= 4 is 5.97 Å². The molecular formula is C12H19N3O2. The maximum Gasteiger partial charge on any atom is 0.320 e. The lowest BCUT2D eigenvalue weighted by atomic mass is 10.3. The Bertz CT molecular complexity index is 341. The Morgan fingerprint density at radius 3 is 2.59 bits per heavy atom. The minimum absolute atomic E-state index is 0.211. The standard InChI is InChI=1S/C12H19N3O2/c1-4-17-12(16)9-15(10(2)3)8-11-13-6-5-7-14-11/h5-7,10H,4,8-9H2,1-3H3. The molecule has 0 aliphatic rings. The smallest absolute Gasteiger partial charge is 0.320 e. The number of aromatic nitrogens is 2. The van der Waals surface area contributed by atoms with E-state index in [4.69, 9.17) is 4.74 Å². The van der Waals surface area contributed by atoms with Crippen LogP contribution in [0.5, 0.6) is 0 Å². The van der Waals surface area contributed by atoms with Crippen LogP contribution in [0, 0.1) is 0 Å². The van der Waals surface area contributed by atoms with Crippen LogP contribution in [0.2, 0.25) is 0 Å². The van der Waals surface area contributed by atoms with Gasteiger partial charge in [-0.15, -0.1) is 0 Å². The van der Waals surface area contributed by atoms with E-state index in [1.165, 1.54) is 0 Å². The number of carbonyl (C=O) groups excluding carboxylic acids is 1. The van der Waals surface area contributed by atoms with Crippen LogP contribution in [0.4, 0.5) is 0 Å². The van der Waals surface area contributed by atoms with E-state index < -0.39 is 0 Å². The predicted octanol–water partition coefficient (Wildman–Crippen LogP) is 1.25. The third-order valence-corrected chi connectivity index (χ3v) is 2.33.